The maximum Gasteiger partial charge on any atom is 0.266 e. The Balaban J connectivity index is 2.17. The highest BCUT2D eigenvalue weighted by atomic mass is 32.1. The van der Waals surface area contributed by atoms with Crippen LogP contribution in [0.25, 0.3) is 15.9 Å². The molecule has 3 rings (SSSR count). The van der Waals surface area contributed by atoms with Gasteiger partial charge in [0.25, 0.3) is 11.5 Å². The van der Waals surface area contributed by atoms with Gasteiger partial charge in [-0.3, -0.25) is 14.0 Å². The summed E-state index contributed by atoms with van der Waals surface area (Å²) in [6.07, 6.45) is 1.69. The Labute approximate surface area is 138 Å². The number of carbonyl (C=O) groups excluding carboxylic acids is 1. The van der Waals surface area contributed by atoms with Gasteiger partial charge >= 0.3 is 0 Å². The highest BCUT2D eigenvalue weighted by Gasteiger charge is 2.24. The fourth-order valence-electron chi connectivity index (χ4n) is 2.85. The molecule has 0 unspecified atom stereocenters. The molecule has 0 atom stereocenters. The van der Waals surface area contributed by atoms with Crippen LogP contribution in [0.2, 0.25) is 0 Å². The third-order valence-corrected chi connectivity index (χ3v) is 4.79. The molecular weight excluding hydrogens is 310 g/mol. The van der Waals surface area contributed by atoms with E-state index in [0.29, 0.717) is 20.7 Å². The average molecular weight is 329 g/mol. The van der Waals surface area contributed by atoms with Crippen LogP contribution in [-0.2, 0) is 0 Å². The van der Waals surface area contributed by atoms with Crippen molar-refractivity contribution in [1.29, 1.82) is 0 Å². The number of carbonyl (C=O) groups is 1. The van der Waals surface area contributed by atoms with Gasteiger partial charge in [0.05, 0.1) is 10.3 Å². The van der Waals surface area contributed by atoms with Gasteiger partial charge in [-0.05, 0) is 45.9 Å². The van der Waals surface area contributed by atoms with Crippen LogP contribution < -0.4 is 5.56 Å². The van der Waals surface area contributed by atoms with E-state index in [1.165, 1.54) is 15.7 Å². The zero-order valence-corrected chi connectivity index (χ0v) is 14.4. The van der Waals surface area contributed by atoms with Gasteiger partial charge in [-0.2, -0.15) is 0 Å². The van der Waals surface area contributed by atoms with Crippen LogP contribution in [0.4, 0.5) is 0 Å². The number of rotatable bonds is 3. The van der Waals surface area contributed by atoms with Gasteiger partial charge in [-0.15, -0.1) is 11.3 Å². The van der Waals surface area contributed by atoms with Gasteiger partial charge in [-0.1, -0.05) is 6.07 Å². The van der Waals surface area contributed by atoms with Crippen LogP contribution in [0.15, 0.2) is 35.3 Å². The molecule has 0 fully saturated rings. The zero-order valence-electron chi connectivity index (χ0n) is 13.6. The molecule has 0 saturated heterocycles. The summed E-state index contributed by atoms with van der Waals surface area (Å²) in [6, 6.07) is 7.29. The molecule has 3 aromatic heterocycles. The summed E-state index contributed by atoms with van der Waals surface area (Å²) in [5.41, 5.74) is 0.456. The van der Waals surface area contributed by atoms with Crippen LogP contribution in [0.3, 0.4) is 0 Å². The smallest absolute Gasteiger partial charge is 0.266 e. The van der Waals surface area contributed by atoms with Gasteiger partial charge < -0.3 is 4.90 Å². The lowest BCUT2D eigenvalue weighted by Crippen LogP contribution is -2.41. The van der Waals surface area contributed by atoms with E-state index in [1.54, 1.807) is 24.4 Å². The van der Waals surface area contributed by atoms with Crippen LogP contribution in [0.1, 0.15) is 37.4 Å². The van der Waals surface area contributed by atoms with Crippen molar-refractivity contribution in [2.45, 2.75) is 39.8 Å². The van der Waals surface area contributed by atoms with E-state index in [4.69, 9.17) is 0 Å². The molecule has 6 heteroatoms. The minimum Gasteiger partial charge on any atom is -0.333 e. The molecule has 1 amide bonds. The first-order valence-corrected chi connectivity index (χ1v) is 8.45. The van der Waals surface area contributed by atoms with Crippen LogP contribution in [-0.4, -0.2) is 32.3 Å². The zero-order chi connectivity index (χ0) is 16.7. The normalized spacial score (nSPS) is 11.7. The lowest BCUT2D eigenvalue weighted by Gasteiger charge is -2.30. The Bertz CT molecular complexity index is 932. The third kappa shape index (κ3) is 2.63. The van der Waals surface area contributed by atoms with Gasteiger partial charge in [0, 0.05) is 18.3 Å². The van der Waals surface area contributed by atoms with Crippen molar-refractivity contribution >= 4 is 33.1 Å². The number of aromatic nitrogens is 2. The Morgan fingerprint density at radius 3 is 2.57 bits per heavy atom. The number of hydrogen-bond donors (Lipinski definition) is 0. The summed E-state index contributed by atoms with van der Waals surface area (Å²) in [4.78, 5) is 32.9. The first-order valence-electron chi connectivity index (χ1n) is 7.63. The van der Waals surface area contributed by atoms with Crippen molar-refractivity contribution in [1.82, 2.24) is 14.3 Å². The Morgan fingerprint density at radius 1 is 1.22 bits per heavy atom. The molecule has 0 saturated carbocycles. The first kappa shape index (κ1) is 15.7. The summed E-state index contributed by atoms with van der Waals surface area (Å²) >= 11 is 1.28. The quantitative estimate of drug-likeness (QED) is 0.741. The van der Waals surface area contributed by atoms with E-state index < -0.39 is 0 Å². The summed E-state index contributed by atoms with van der Waals surface area (Å²) in [5.74, 6) is -0.0496. The van der Waals surface area contributed by atoms with Gasteiger partial charge in [0.15, 0.2) is 0 Å². The maximum absolute atomic E-state index is 12.8. The first-order chi connectivity index (χ1) is 10.9. The number of hydrogen-bond acceptors (Lipinski definition) is 4. The van der Waals surface area contributed by atoms with Crippen LogP contribution >= 0.6 is 11.3 Å². The molecule has 0 aliphatic rings. The van der Waals surface area contributed by atoms with Crippen molar-refractivity contribution in [3.63, 3.8) is 0 Å². The fraction of sp³-hybridized carbons (Fsp3) is 0.353. The molecule has 3 heterocycles. The standard InChI is InChI=1S/C17H19N3O2S/c1-10(2)20(11(3)4)17(22)13-9-12-15(23-13)18-14-7-5-6-8-19(14)16(12)21/h5-11H,1-4H3. The second kappa shape index (κ2) is 5.77. The van der Waals surface area contributed by atoms with E-state index in [9.17, 15) is 9.59 Å². The highest BCUT2D eigenvalue weighted by Crippen LogP contribution is 2.24. The Morgan fingerprint density at radius 2 is 1.91 bits per heavy atom. The highest BCUT2D eigenvalue weighted by molar-refractivity contribution is 7.20. The lowest BCUT2D eigenvalue weighted by molar-refractivity contribution is 0.0649. The van der Waals surface area contributed by atoms with Crippen molar-refractivity contribution < 1.29 is 4.79 Å². The predicted octanol–water partition coefficient (Wildman–Crippen LogP) is 3.17. The Hall–Kier alpha value is -2.21. The molecule has 3 aromatic rings. The van der Waals surface area contributed by atoms with Crippen molar-refractivity contribution in [2.75, 3.05) is 0 Å². The van der Waals surface area contributed by atoms with Crippen LogP contribution in [0.5, 0.6) is 0 Å². The van der Waals surface area contributed by atoms with E-state index in [1.807, 2.05) is 38.7 Å². The second-order valence-corrected chi connectivity index (χ2v) is 7.11. The van der Waals surface area contributed by atoms with E-state index in [0.717, 1.165) is 0 Å². The molecule has 0 bridgehead atoms. The Kier molecular flexibility index (Phi) is 3.93. The van der Waals surface area contributed by atoms with Gasteiger partial charge in [0.2, 0.25) is 0 Å². The number of nitrogens with zero attached hydrogens (tertiary/aromatic N) is 3. The number of fused-ring (bicyclic) bond motifs is 2. The maximum atomic E-state index is 12.8. The summed E-state index contributed by atoms with van der Waals surface area (Å²) in [7, 11) is 0. The fourth-order valence-corrected chi connectivity index (χ4v) is 3.82. The molecule has 23 heavy (non-hydrogen) atoms. The number of pyridine rings is 1. The number of amides is 1. The second-order valence-electron chi connectivity index (χ2n) is 6.08. The lowest BCUT2D eigenvalue weighted by atomic mass is 10.2. The molecule has 0 radical (unpaired) electrons. The van der Waals surface area contributed by atoms with E-state index in [2.05, 4.69) is 4.98 Å². The number of thiophene rings is 1. The SMILES string of the molecule is CC(C)N(C(=O)c1cc2c(=O)n3ccccc3nc2s1)C(C)C. The summed E-state index contributed by atoms with van der Waals surface area (Å²) < 4.78 is 1.51. The molecule has 0 aromatic carbocycles. The van der Waals surface area contributed by atoms with Gasteiger partial charge in [-0.25, -0.2) is 4.98 Å². The van der Waals surface area contributed by atoms with Crippen molar-refractivity contribution in [3.05, 3.63) is 45.7 Å². The average Bonchev–Trinajstić information content (AvgIpc) is 2.91. The molecule has 0 aliphatic carbocycles. The third-order valence-electron chi connectivity index (χ3n) is 3.77. The molecule has 0 spiro atoms. The largest absolute Gasteiger partial charge is 0.333 e. The molecular formula is C17H19N3O2S. The summed E-state index contributed by atoms with van der Waals surface area (Å²) in [5, 5.41) is 0.495. The molecule has 0 N–H and O–H groups in total. The molecule has 0 aliphatic heterocycles. The summed E-state index contributed by atoms with van der Waals surface area (Å²) in [6.45, 7) is 7.97. The van der Waals surface area contributed by atoms with Crippen molar-refractivity contribution in [3.8, 4) is 0 Å². The monoisotopic (exact) mass is 329 g/mol. The van der Waals surface area contributed by atoms with Gasteiger partial charge in [0.1, 0.15) is 10.5 Å². The minimum absolute atomic E-state index is 0.0496. The topological polar surface area (TPSA) is 54.7 Å². The van der Waals surface area contributed by atoms with Crippen LogP contribution in [0, 0.1) is 0 Å². The molecule has 5 nitrogen and oxygen atoms in total. The predicted molar refractivity (Wildman–Crippen MR) is 93.3 cm³/mol. The minimum atomic E-state index is -0.137. The van der Waals surface area contributed by atoms with E-state index >= 15 is 0 Å². The molecule has 120 valence electrons. The van der Waals surface area contributed by atoms with E-state index in [-0.39, 0.29) is 23.6 Å². The van der Waals surface area contributed by atoms with Crippen molar-refractivity contribution in [2.24, 2.45) is 0 Å².